The van der Waals surface area contributed by atoms with Gasteiger partial charge >= 0.3 is 0 Å². The number of benzene rings is 2. The molecule has 3 rings (SSSR count). The van der Waals surface area contributed by atoms with E-state index < -0.39 is 0 Å². The van der Waals surface area contributed by atoms with Crippen LogP contribution in [0.15, 0.2) is 30.3 Å². The lowest BCUT2D eigenvalue weighted by molar-refractivity contribution is 0.353. The van der Waals surface area contributed by atoms with E-state index in [4.69, 9.17) is 18.9 Å². The van der Waals surface area contributed by atoms with E-state index in [9.17, 15) is 0 Å². The molecule has 4 nitrogen and oxygen atoms in total. The van der Waals surface area contributed by atoms with Crippen LogP contribution in [0.3, 0.4) is 0 Å². The van der Waals surface area contributed by atoms with Gasteiger partial charge in [0, 0.05) is 5.92 Å². The lowest BCUT2D eigenvalue weighted by atomic mass is 9.83. The molecule has 0 bridgehead atoms. The Morgan fingerprint density at radius 2 is 1.27 bits per heavy atom. The van der Waals surface area contributed by atoms with E-state index in [1.165, 1.54) is 16.7 Å². The Balaban J connectivity index is 2.15. The zero-order valence-corrected chi connectivity index (χ0v) is 16.5. The van der Waals surface area contributed by atoms with Crippen LogP contribution in [-0.2, 0) is 0 Å². The molecule has 4 heteroatoms. The second-order valence-corrected chi connectivity index (χ2v) is 6.80. The SMILES string of the molecule is CC[C@H]1c2cc(OC)c(OC)cc2[C@H](c2ccc(OC)c(OC)c2)[C@@H]1C. The molecular formula is C22H28O4. The van der Waals surface area contributed by atoms with E-state index in [1.807, 2.05) is 6.07 Å². The Morgan fingerprint density at radius 1 is 0.731 bits per heavy atom. The molecule has 0 heterocycles. The summed E-state index contributed by atoms with van der Waals surface area (Å²) in [6.45, 7) is 4.58. The molecule has 0 saturated heterocycles. The van der Waals surface area contributed by atoms with Crippen LogP contribution < -0.4 is 18.9 Å². The molecule has 0 fully saturated rings. The predicted molar refractivity (Wildman–Crippen MR) is 103 cm³/mol. The third-order valence-electron chi connectivity index (χ3n) is 5.69. The summed E-state index contributed by atoms with van der Waals surface area (Å²) in [5, 5.41) is 0. The molecule has 0 aliphatic heterocycles. The molecule has 0 saturated carbocycles. The third-order valence-corrected chi connectivity index (χ3v) is 5.69. The molecule has 0 unspecified atom stereocenters. The van der Waals surface area contributed by atoms with Gasteiger partial charge in [0.15, 0.2) is 23.0 Å². The molecule has 1 aliphatic carbocycles. The van der Waals surface area contributed by atoms with Gasteiger partial charge < -0.3 is 18.9 Å². The van der Waals surface area contributed by atoms with E-state index in [-0.39, 0.29) is 5.92 Å². The average Bonchev–Trinajstić information content (AvgIpc) is 2.96. The summed E-state index contributed by atoms with van der Waals surface area (Å²) in [6.07, 6.45) is 1.09. The van der Waals surface area contributed by atoms with Gasteiger partial charge in [-0.3, -0.25) is 0 Å². The quantitative estimate of drug-likeness (QED) is 0.730. The Hall–Kier alpha value is -2.36. The number of ether oxygens (including phenoxy) is 4. The van der Waals surface area contributed by atoms with Gasteiger partial charge in [-0.05, 0) is 59.2 Å². The number of rotatable bonds is 6. The van der Waals surface area contributed by atoms with Crippen molar-refractivity contribution in [2.75, 3.05) is 28.4 Å². The highest BCUT2D eigenvalue weighted by atomic mass is 16.5. The summed E-state index contributed by atoms with van der Waals surface area (Å²) >= 11 is 0. The Kier molecular flexibility index (Phi) is 5.30. The molecule has 0 spiro atoms. The Bertz CT molecular complexity index is 784. The first kappa shape index (κ1) is 18.4. The predicted octanol–water partition coefficient (Wildman–Crippen LogP) is 5.00. The number of fused-ring (bicyclic) bond motifs is 1. The van der Waals surface area contributed by atoms with Crippen molar-refractivity contribution in [1.82, 2.24) is 0 Å². The third kappa shape index (κ3) is 2.87. The van der Waals surface area contributed by atoms with E-state index in [0.29, 0.717) is 11.8 Å². The molecule has 2 aromatic carbocycles. The highest BCUT2D eigenvalue weighted by Gasteiger charge is 2.39. The highest BCUT2D eigenvalue weighted by Crippen LogP contribution is 2.54. The van der Waals surface area contributed by atoms with Crippen LogP contribution in [0.5, 0.6) is 23.0 Å². The summed E-state index contributed by atoms with van der Waals surface area (Å²) in [7, 11) is 6.71. The first-order valence-corrected chi connectivity index (χ1v) is 9.07. The van der Waals surface area contributed by atoms with Crippen molar-refractivity contribution in [3.8, 4) is 23.0 Å². The molecule has 2 aromatic rings. The largest absolute Gasteiger partial charge is 0.493 e. The molecule has 0 radical (unpaired) electrons. The van der Waals surface area contributed by atoms with Crippen molar-refractivity contribution in [1.29, 1.82) is 0 Å². The van der Waals surface area contributed by atoms with E-state index in [0.717, 1.165) is 29.4 Å². The van der Waals surface area contributed by atoms with Crippen LogP contribution in [0.1, 0.15) is 48.8 Å². The zero-order valence-electron chi connectivity index (χ0n) is 16.5. The van der Waals surface area contributed by atoms with Gasteiger partial charge in [0.2, 0.25) is 0 Å². The fraction of sp³-hybridized carbons (Fsp3) is 0.455. The number of hydrogen-bond donors (Lipinski definition) is 0. The topological polar surface area (TPSA) is 36.9 Å². The maximum atomic E-state index is 5.56. The van der Waals surface area contributed by atoms with Crippen molar-refractivity contribution in [2.45, 2.75) is 32.1 Å². The van der Waals surface area contributed by atoms with Crippen LogP contribution >= 0.6 is 0 Å². The molecule has 0 aromatic heterocycles. The van der Waals surface area contributed by atoms with Crippen LogP contribution in [0, 0.1) is 5.92 Å². The van der Waals surface area contributed by atoms with Gasteiger partial charge in [0.1, 0.15) is 0 Å². The summed E-state index contributed by atoms with van der Waals surface area (Å²) in [4.78, 5) is 0. The number of methoxy groups -OCH3 is 4. The molecule has 140 valence electrons. The summed E-state index contributed by atoms with van der Waals surface area (Å²) in [5.41, 5.74) is 3.91. The summed E-state index contributed by atoms with van der Waals surface area (Å²) < 4.78 is 22.0. The second kappa shape index (κ2) is 7.48. The van der Waals surface area contributed by atoms with Crippen molar-refractivity contribution in [2.24, 2.45) is 5.92 Å². The summed E-state index contributed by atoms with van der Waals surface area (Å²) in [5.74, 6) is 4.34. The van der Waals surface area contributed by atoms with Crippen LogP contribution in [0.25, 0.3) is 0 Å². The maximum absolute atomic E-state index is 5.56. The smallest absolute Gasteiger partial charge is 0.161 e. The first-order valence-electron chi connectivity index (χ1n) is 9.07. The van der Waals surface area contributed by atoms with Crippen LogP contribution in [0.2, 0.25) is 0 Å². The first-order chi connectivity index (χ1) is 12.6. The minimum absolute atomic E-state index is 0.287. The van der Waals surface area contributed by atoms with Crippen LogP contribution in [0.4, 0.5) is 0 Å². The lowest BCUT2D eigenvalue weighted by Gasteiger charge is -2.22. The Morgan fingerprint density at radius 3 is 1.81 bits per heavy atom. The lowest BCUT2D eigenvalue weighted by Crippen LogP contribution is -2.09. The maximum Gasteiger partial charge on any atom is 0.161 e. The molecular weight excluding hydrogens is 328 g/mol. The van der Waals surface area contributed by atoms with Crippen LogP contribution in [-0.4, -0.2) is 28.4 Å². The standard InChI is InChI=1S/C22H28O4/c1-7-15-13(2)22(14-8-9-18(23-3)19(10-14)24-4)17-12-21(26-6)20(25-5)11-16(15)17/h8-13,15,22H,7H2,1-6H3/t13-,15-,22+/m1/s1. The van der Waals surface area contributed by atoms with Gasteiger partial charge in [0.05, 0.1) is 28.4 Å². The van der Waals surface area contributed by atoms with Gasteiger partial charge in [-0.1, -0.05) is 19.9 Å². The second-order valence-electron chi connectivity index (χ2n) is 6.80. The Labute approximate surface area is 156 Å². The van der Waals surface area contributed by atoms with E-state index in [2.05, 4.69) is 38.1 Å². The minimum atomic E-state index is 0.287. The molecule has 0 amide bonds. The van der Waals surface area contributed by atoms with Gasteiger partial charge in [-0.25, -0.2) is 0 Å². The minimum Gasteiger partial charge on any atom is -0.493 e. The normalized spacial score (nSPS) is 21.2. The van der Waals surface area contributed by atoms with Crippen molar-refractivity contribution in [3.63, 3.8) is 0 Å². The molecule has 0 N–H and O–H groups in total. The van der Waals surface area contributed by atoms with Crippen molar-refractivity contribution in [3.05, 3.63) is 47.0 Å². The number of hydrogen-bond acceptors (Lipinski definition) is 4. The molecule has 1 aliphatic rings. The monoisotopic (exact) mass is 356 g/mol. The summed E-state index contributed by atoms with van der Waals surface area (Å²) in [6, 6.07) is 10.5. The fourth-order valence-electron chi connectivity index (χ4n) is 4.42. The van der Waals surface area contributed by atoms with E-state index in [1.54, 1.807) is 28.4 Å². The average molecular weight is 356 g/mol. The van der Waals surface area contributed by atoms with Crippen molar-refractivity contribution < 1.29 is 18.9 Å². The van der Waals surface area contributed by atoms with Gasteiger partial charge in [-0.2, -0.15) is 0 Å². The molecule has 3 atom stereocenters. The highest BCUT2D eigenvalue weighted by molar-refractivity contribution is 5.56. The van der Waals surface area contributed by atoms with Gasteiger partial charge in [0.25, 0.3) is 0 Å². The van der Waals surface area contributed by atoms with E-state index >= 15 is 0 Å². The zero-order chi connectivity index (χ0) is 18.8. The van der Waals surface area contributed by atoms with Gasteiger partial charge in [-0.15, -0.1) is 0 Å². The van der Waals surface area contributed by atoms with Crippen molar-refractivity contribution >= 4 is 0 Å². The fourth-order valence-corrected chi connectivity index (χ4v) is 4.42. The molecule has 26 heavy (non-hydrogen) atoms.